The molecular weight excluding hydrogens is 588 g/mol. The van der Waals surface area contributed by atoms with Gasteiger partial charge in [0, 0.05) is 35.6 Å². The second kappa shape index (κ2) is 12.9. The molecule has 13 nitrogen and oxygen atoms in total. The van der Waals surface area contributed by atoms with Gasteiger partial charge in [-0.05, 0) is 42.0 Å². The van der Waals surface area contributed by atoms with E-state index in [1.807, 2.05) is 4.72 Å². The Labute approximate surface area is 245 Å². The maximum absolute atomic E-state index is 13.6. The average molecular weight is 615 g/mol. The number of hydrogen-bond donors (Lipinski definition) is 2. The van der Waals surface area contributed by atoms with E-state index in [9.17, 15) is 22.8 Å². The van der Waals surface area contributed by atoms with E-state index in [0.717, 1.165) is 16.4 Å². The van der Waals surface area contributed by atoms with Crippen molar-refractivity contribution < 1.29 is 22.7 Å². The van der Waals surface area contributed by atoms with Crippen molar-refractivity contribution in [2.45, 2.75) is 20.0 Å². The largest absolute Gasteiger partial charge is 0.467 e. The molecule has 0 saturated heterocycles. The molecule has 1 atom stereocenters. The summed E-state index contributed by atoms with van der Waals surface area (Å²) in [6.45, 7) is 1.16. The van der Waals surface area contributed by atoms with Crippen molar-refractivity contribution in [3.63, 3.8) is 0 Å². The molecule has 0 radical (unpaired) electrons. The van der Waals surface area contributed by atoms with Crippen LogP contribution < -0.4 is 30.8 Å². The van der Waals surface area contributed by atoms with Crippen LogP contribution in [0.3, 0.4) is 0 Å². The molecule has 4 rings (SSSR count). The van der Waals surface area contributed by atoms with E-state index in [1.54, 1.807) is 54.6 Å². The predicted octanol–water partition coefficient (Wildman–Crippen LogP) is 2.76. The molecule has 2 heterocycles. The minimum Gasteiger partial charge on any atom is -0.467 e. The number of hydrogen-bond acceptors (Lipinski definition) is 10. The van der Waals surface area contributed by atoms with Crippen LogP contribution in [0.4, 0.5) is 11.5 Å². The molecule has 220 valence electrons. The molecule has 42 heavy (non-hydrogen) atoms. The number of nitrogens with zero attached hydrogens (tertiary/aromatic N) is 4. The van der Waals surface area contributed by atoms with Gasteiger partial charge in [-0.25, -0.2) is 18.2 Å². The number of benzene rings is 2. The number of halogens is 1. The number of rotatable bonds is 11. The van der Waals surface area contributed by atoms with Crippen molar-refractivity contribution in [1.82, 2.24) is 23.8 Å². The molecular formula is C27H27ClN6O7S. The van der Waals surface area contributed by atoms with Gasteiger partial charge in [-0.15, -0.1) is 0 Å². The standard InChI is InChI=1S/C27H27ClN6O7S/c1-17(25(36)32-42(3,38)39)15-34-24(35)14-22(33(27(34)37)16-18-4-6-19(28)7-5-18)30-20-8-10-21(11-9-20)41-23-12-13-29-26(31-23)40-2/h4-14,17,30H,15-16H2,1-3H3,(H,32,36)/t17-/m0/s1. The zero-order chi connectivity index (χ0) is 30.4. The van der Waals surface area contributed by atoms with E-state index < -0.39 is 33.1 Å². The molecule has 1 amide bonds. The third-order valence-corrected chi connectivity index (χ3v) is 6.69. The van der Waals surface area contributed by atoms with Gasteiger partial charge >= 0.3 is 11.7 Å². The van der Waals surface area contributed by atoms with Crippen molar-refractivity contribution >= 4 is 39.0 Å². The van der Waals surface area contributed by atoms with Gasteiger partial charge in [0.15, 0.2) is 0 Å². The Hall–Kier alpha value is -4.69. The summed E-state index contributed by atoms with van der Waals surface area (Å²) in [7, 11) is -2.37. The quantitative estimate of drug-likeness (QED) is 0.257. The summed E-state index contributed by atoms with van der Waals surface area (Å²) in [5.41, 5.74) is -0.102. The molecule has 2 aromatic heterocycles. The van der Waals surface area contributed by atoms with E-state index in [-0.39, 0.29) is 30.8 Å². The number of anilines is 2. The maximum atomic E-state index is 13.6. The number of nitrogens with one attached hydrogen (secondary N) is 2. The molecule has 0 fully saturated rings. The normalized spacial score (nSPS) is 11.9. The van der Waals surface area contributed by atoms with Crippen molar-refractivity contribution in [1.29, 1.82) is 0 Å². The number of carbonyl (C=O) groups excluding carboxylic acids is 1. The van der Waals surface area contributed by atoms with Gasteiger partial charge in [0.25, 0.3) is 5.56 Å². The Bertz CT molecular complexity index is 1810. The Morgan fingerprint density at radius 2 is 1.74 bits per heavy atom. The molecule has 0 saturated carbocycles. The first kappa shape index (κ1) is 30.3. The first-order valence-corrected chi connectivity index (χ1v) is 14.7. The number of amides is 1. The molecule has 2 aromatic carbocycles. The highest BCUT2D eigenvalue weighted by Crippen LogP contribution is 2.24. The van der Waals surface area contributed by atoms with Crippen LogP contribution >= 0.6 is 11.6 Å². The van der Waals surface area contributed by atoms with Gasteiger partial charge in [-0.1, -0.05) is 30.7 Å². The minimum absolute atomic E-state index is 0.0687. The van der Waals surface area contributed by atoms with Gasteiger partial charge in [0.2, 0.25) is 21.8 Å². The van der Waals surface area contributed by atoms with Crippen LogP contribution in [0.15, 0.2) is 76.4 Å². The number of methoxy groups -OCH3 is 1. The van der Waals surface area contributed by atoms with Crippen LogP contribution in [0.5, 0.6) is 17.6 Å². The van der Waals surface area contributed by atoms with Crippen molar-refractivity contribution in [3.8, 4) is 17.6 Å². The van der Waals surface area contributed by atoms with Gasteiger partial charge < -0.3 is 14.8 Å². The van der Waals surface area contributed by atoms with Gasteiger partial charge in [-0.3, -0.25) is 23.4 Å². The fraction of sp³-hybridized carbons (Fsp3) is 0.222. The SMILES string of the molecule is COc1nccc(Oc2ccc(Nc3cc(=O)n(C[C@H](C)C(=O)NS(C)(=O)=O)c(=O)n3Cc3ccc(Cl)cc3)cc2)n1. The highest BCUT2D eigenvalue weighted by molar-refractivity contribution is 7.89. The third-order valence-electron chi connectivity index (χ3n) is 5.86. The zero-order valence-corrected chi connectivity index (χ0v) is 24.3. The van der Waals surface area contributed by atoms with Crippen molar-refractivity contribution in [2.24, 2.45) is 5.92 Å². The number of ether oxygens (including phenoxy) is 2. The second-order valence-corrected chi connectivity index (χ2v) is 11.4. The van der Waals surface area contributed by atoms with Gasteiger partial charge in [-0.2, -0.15) is 4.98 Å². The lowest BCUT2D eigenvalue weighted by atomic mass is 10.1. The lowest BCUT2D eigenvalue weighted by Gasteiger charge is -2.18. The molecule has 0 unspecified atom stereocenters. The average Bonchev–Trinajstić information content (AvgIpc) is 2.94. The van der Waals surface area contributed by atoms with Crippen LogP contribution in [0, 0.1) is 5.92 Å². The number of sulfonamides is 1. The maximum Gasteiger partial charge on any atom is 0.332 e. The number of aromatic nitrogens is 4. The Morgan fingerprint density at radius 1 is 1.05 bits per heavy atom. The molecule has 4 aromatic rings. The van der Waals surface area contributed by atoms with E-state index >= 15 is 0 Å². The summed E-state index contributed by atoms with van der Waals surface area (Å²) in [5.74, 6) is -0.883. The molecule has 0 aliphatic carbocycles. The molecule has 15 heteroatoms. The topological polar surface area (TPSA) is 164 Å². The van der Waals surface area contributed by atoms with Crippen LogP contribution in [0.1, 0.15) is 12.5 Å². The summed E-state index contributed by atoms with van der Waals surface area (Å²) in [6.07, 6.45) is 2.34. The van der Waals surface area contributed by atoms with Crippen LogP contribution in [-0.4, -0.2) is 46.8 Å². The second-order valence-electron chi connectivity index (χ2n) is 9.25. The molecule has 0 aliphatic heterocycles. The Balaban J connectivity index is 1.64. The fourth-order valence-corrected chi connectivity index (χ4v) is 4.50. The van der Waals surface area contributed by atoms with Crippen LogP contribution in [-0.2, 0) is 27.9 Å². The monoisotopic (exact) mass is 614 g/mol. The molecule has 0 bridgehead atoms. The number of carbonyl (C=O) groups is 1. The minimum atomic E-state index is -3.81. The van der Waals surface area contributed by atoms with Crippen LogP contribution in [0.2, 0.25) is 5.02 Å². The lowest BCUT2D eigenvalue weighted by molar-refractivity contribution is -0.123. The summed E-state index contributed by atoms with van der Waals surface area (Å²) in [5, 5.41) is 3.61. The Kier molecular flexibility index (Phi) is 9.28. The summed E-state index contributed by atoms with van der Waals surface area (Å²) < 4.78 is 37.8. The lowest BCUT2D eigenvalue weighted by Crippen LogP contribution is -2.44. The zero-order valence-electron chi connectivity index (χ0n) is 22.8. The third kappa shape index (κ3) is 7.95. The highest BCUT2D eigenvalue weighted by atomic mass is 35.5. The van der Waals surface area contributed by atoms with Crippen molar-refractivity contribution in [2.75, 3.05) is 18.7 Å². The first-order valence-electron chi connectivity index (χ1n) is 12.4. The summed E-state index contributed by atoms with van der Waals surface area (Å²) >= 11 is 6.01. The van der Waals surface area contributed by atoms with Gasteiger partial charge in [0.1, 0.15) is 11.6 Å². The van der Waals surface area contributed by atoms with E-state index in [2.05, 4.69) is 15.3 Å². The van der Waals surface area contributed by atoms with Gasteiger partial charge in [0.05, 0.1) is 25.8 Å². The van der Waals surface area contributed by atoms with E-state index in [0.29, 0.717) is 16.5 Å². The predicted molar refractivity (Wildman–Crippen MR) is 156 cm³/mol. The fourth-order valence-electron chi connectivity index (χ4n) is 3.81. The molecule has 0 spiro atoms. The van der Waals surface area contributed by atoms with E-state index in [4.69, 9.17) is 21.1 Å². The Morgan fingerprint density at radius 3 is 2.38 bits per heavy atom. The summed E-state index contributed by atoms with van der Waals surface area (Å²) in [4.78, 5) is 47.0. The van der Waals surface area contributed by atoms with E-state index in [1.165, 1.54) is 30.9 Å². The molecule has 0 aliphatic rings. The van der Waals surface area contributed by atoms with Crippen molar-refractivity contribution in [3.05, 3.63) is 98.3 Å². The first-order chi connectivity index (χ1) is 19.9. The summed E-state index contributed by atoms with van der Waals surface area (Å²) in [6, 6.07) is 16.5. The molecule has 2 N–H and O–H groups in total. The smallest absolute Gasteiger partial charge is 0.332 e. The highest BCUT2D eigenvalue weighted by Gasteiger charge is 2.21. The van der Waals surface area contributed by atoms with Crippen LogP contribution in [0.25, 0.3) is 0 Å².